The molecule has 0 aromatic heterocycles. The van der Waals surface area contributed by atoms with Gasteiger partial charge in [-0.25, -0.2) is 0 Å². The van der Waals surface area contributed by atoms with E-state index in [1.807, 2.05) is 0 Å². The molecule has 1 aliphatic carbocycles. The van der Waals surface area contributed by atoms with E-state index >= 15 is 0 Å². The Morgan fingerprint density at radius 1 is 0.800 bits per heavy atom. The van der Waals surface area contributed by atoms with Gasteiger partial charge < -0.3 is 5.32 Å². The number of hydrogen-bond acceptors (Lipinski definition) is 1. The second-order valence-corrected chi connectivity index (χ2v) is 6.37. The van der Waals surface area contributed by atoms with E-state index < -0.39 is 0 Å². The van der Waals surface area contributed by atoms with Gasteiger partial charge in [-0.15, -0.1) is 0 Å². The van der Waals surface area contributed by atoms with E-state index in [-0.39, 0.29) is 0 Å². The maximum Gasteiger partial charge on any atom is 0.00980 e. The van der Waals surface area contributed by atoms with E-state index in [1.165, 1.54) is 38.6 Å². The SMILES string of the molecule is CC1CC(C)CC(C2CC(C)CCN2)C1. The zero-order valence-corrected chi connectivity index (χ0v) is 10.6. The Bertz CT molecular complexity index is 192. The zero-order chi connectivity index (χ0) is 10.8. The van der Waals surface area contributed by atoms with Crippen LogP contribution in [0.5, 0.6) is 0 Å². The van der Waals surface area contributed by atoms with Gasteiger partial charge in [0.1, 0.15) is 0 Å². The topological polar surface area (TPSA) is 12.0 Å². The van der Waals surface area contributed by atoms with Crippen molar-refractivity contribution in [2.45, 2.75) is 58.9 Å². The molecular weight excluding hydrogens is 182 g/mol. The largest absolute Gasteiger partial charge is 0.314 e. The number of nitrogens with one attached hydrogen (secondary N) is 1. The van der Waals surface area contributed by atoms with Crippen molar-refractivity contribution in [1.29, 1.82) is 0 Å². The minimum atomic E-state index is 0.832. The van der Waals surface area contributed by atoms with E-state index in [1.54, 1.807) is 0 Å². The summed E-state index contributed by atoms with van der Waals surface area (Å²) in [4.78, 5) is 0. The van der Waals surface area contributed by atoms with Gasteiger partial charge in [0, 0.05) is 6.04 Å². The monoisotopic (exact) mass is 209 g/mol. The highest BCUT2D eigenvalue weighted by Crippen LogP contribution is 2.37. The van der Waals surface area contributed by atoms with Gasteiger partial charge in [-0.1, -0.05) is 20.8 Å². The smallest absolute Gasteiger partial charge is 0.00980 e. The third-order valence-corrected chi connectivity index (χ3v) is 4.48. The molecule has 0 radical (unpaired) electrons. The fourth-order valence-corrected chi connectivity index (χ4v) is 3.85. The van der Waals surface area contributed by atoms with Crippen LogP contribution in [0.1, 0.15) is 52.9 Å². The predicted octanol–water partition coefficient (Wildman–Crippen LogP) is 3.45. The molecule has 4 unspecified atom stereocenters. The summed E-state index contributed by atoms with van der Waals surface area (Å²) in [6, 6.07) is 0.832. The maximum absolute atomic E-state index is 3.76. The van der Waals surface area contributed by atoms with Gasteiger partial charge in [-0.2, -0.15) is 0 Å². The summed E-state index contributed by atoms with van der Waals surface area (Å²) < 4.78 is 0. The van der Waals surface area contributed by atoms with Crippen LogP contribution in [0, 0.1) is 23.7 Å². The highest BCUT2D eigenvalue weighted by molar-refractivity contribution is 4.87. The van der Waals surface area contributed by atoms with Crippen molar-refractivity contribution in [3.63, 3.8) is 0 Å². The van der Waals surface area contributed by atoms with Crippen molar-refractivity contribution in [2.75, 3.05) is 6.54 Å². The molecule has 0 bridgehead atoms. The minimum Gasteiger partial charge on any atom is -0.314 e. The quantitative estimate of drug-likeness (QED) is 0.697. The molecule has 0 aromatic carbocycles. The Morgan fingerprint density at radius 2 is 1.47 bits per heavy atom. The normalized spacial score (nSPS) is 47.8. The summed E-state index contributed by atoms with van der Waals surface area (Å²) in [5.41, 5.74) is 0. The molecular formula is C14H27N. The lowest BCUT2D eigenvalue weighted by molar-refractivity contribution is 0.145. The van der Waals surface area contributed by atoms with Crippen LogP contribution in [0.3, 0.4) is 0 Å². The summed E-state index contributed by atoms with van der Waals surface area (Å²) in [6.45, 7) is 8.55. The highest BCUT2D eigenvalue weighted by atomic mass is 14.9. The molecule has 1 saturated carbocycles. The van der Waals surface area contributed by atoms with Crippen LogP contribution in [0.4, 0.5) is 0 Å². The molecule has 1 saturated heterocycles. The van der Waals surface area contributed by atoms with Crippen LogP contribution >= 0.6 is 0 Å². The Hall–Kier alpha value is -0.0400. The van der Waals surface area contributed by atoms with Gasteiger partial charge in [0.2, 0.25) is 0 Å². The first-order valence-corrected chi connectivity index (χ1v) is 6.88. The minimum absolute atomic E-state index is 0.832. The Kier molecular flexibility index (Phi) is 3.71. The number of rotatable bonds is 1. The van der Waals surface area contributed by atoms with Crippen molar-refractivity contribution in [1.82, 2.24) is 5.32 Å². The molecule has 1 nitrogen and oxygen atoms in total. The number of hydrogen-bond donors (Lipinski definition) is 1. The molecule has 0 spiro atoms. The summed E-state index contributed by atoms with van der Waals surface area (Å²) >= 11 is 0. The molecule has 1 heterocycles. The maximum atomic E-state index is 3.76. The molecule has 2 aliphatic rings. The standard InChI is InChI=1S/C14H27N/c1-10-4-5-15-14(9-10)13-7-11(2)6-12(3)8-13/h10-15H,4-9H2,1-3H3. The summed E-state index contributed by atoms with van der Waals surface area (Å²) in [7, 11) is 0. The zero-order valence-electron chi connectivity index (χ0n) is 10.6. The Labute approximate surface area is 95.0 Å². The summed E-state index contributed by atoms with van der Waals surface area (Å²) in [5.74, 6) is 3.82. The third kappa shape index (κ3) is 2.96. The lowest BCUT2D eigenvalue weighted by Crippen LogP contribution is -2.44. The van der Waals surface area contributed by atoms with Crippen LogP contribution in [0.15, 0.2) is 0 Å². The van der Waals surface area contributed by atoms with E-state index in [0.29, 0.717) is 0 Å². The molecule has 1 heteroatoms. The first-order chi connectivity index (χ1) is 7.15. The molecule has 0 aromatic rings. The van der Waals surface area contributed by atoms with Gasteiger partial charge >= 0.3 is 0 Å². The molecule has 4 atom stereocenters. The molecule has 0 amide bonds. The van der Waals surface area contributed by atoms with Crippen molar-refractivity contribution in [2.24, 2.45) is 23.7 Å². The van der Waals surface area contributed by atoms with Crippen molar-refractivity contribution in [3.8, 4) is 0 Å². The van der Waals surface area contributed by atoms with Gasteiger partial charge in [0.25, 0.3) is 0 Å². The van der Waals surface area contributed by atoms with Gasteiger partial charge in [-0.05, 0) is 62.3 Å². The van der Waals surface area contributed by atoms with E-state index in [0.717, 1.165) is 29.7 Å². The Balaban J connectivity index is 1.91. The molecule has 88 valence electrons. The molecule has 15 heavy (non-hydrogen) atoms. The Morgan fingerprint density at radius 3 is 2.07 bits per heavy atom. The van der Waals surface area contributed by atoms with Crippen LogP contribution in [-0.2, 0) is 0 Å². The van der Waals surface area contributed by atoms with E-state index in [4.69, 9.17) is 0 Å². The summed E-state index contributed by atoms with van der Waals surface area (Å²) in [6.07, 6.45) is 7.20. The van der Waals surface area contributed by atoms with E-state index in [2.05, 4.69) is 26.1 Å². The second kappa shape index (κ2) is 4.86. The predicted molar refractivity (Wildman–Crippen MR) is 65.9 cm³/mol. The molecule has 2 fully saturated rings. The van der Waals surface area contributed by atoms with Gasteiger partial charge in [0.15, 0.2) is 0 Å². The van der Waals surface area contributed by atoms with Crippen LogP contribution in [0.25, 0.3) is 0 Å². The van der Waals surface area contributed by atoms with Crippen molar-refractivity contribution in [3.05, 3.63) is 0 Å². The lowest BCUT2D eigenvalue weighted by atomic mass is 9.71. The van der Waals surface area contributed by atoms with Crippen LogP contribution in [0.2, 0.25) is 0 Å². The van der Waals surface area contributed by atoms with Crippen molar-refractivity contribution < 1.29 is 0 Å². The molecule has 1 N–H and O–H groups in total. The van der Waals surface area contributed by atoms with Gasteiger partial charge in [0.05, 0.1) is 0 Å². The fraction of sp³-hybridized carbons (Fsp3) is 1.00. The first kappa shape index (κ1) is 11.4. The lowest BCUT2D eigenvalue weighted by Gasteiger charge is -2.40. The summed E-state index contributed by atoms with van der Waals surface area (Å²) in [5, 5.41) is 3.76. The number of piperidine rings is 1. The molecule has 2 rings (SSSR count). The van der Waals surface area contributed by atoms with Crippen LogP contribution < -0.4 is 5.32 Å². The average molecular weight is 209 g/mol. The van der Waals surface area contributed by atoms with Crippen LogP contribution in [-0.4, -0.2) is 12.6 Å². The van der Waals surface area contributed by atoms with Crippen molar-refractivity contribution >= 4 is 0 Å². The highest BCUT2D eigenvalue weighted by Gasteiger charge is 2.31. The first-order valence-electron chi connectivity index (χ1n) is 6.88. The molecule has 1 aliphatic heterocycles. The second-order valence-electron chi connectivity index (χ2n) is 6.37. The fourth-order valence-electron chi connectivity index (χ4n) is 3.85. The van der Waals surface area contributed by atoms with E-state index in [9.17, 15) is 0 Å². The average Bonchev–Trinajstić information content (AvgIpc) is 2.16. The third-order valence-electron chi connectivity index (χ3n) is 4.48. The van der Waals surface area contributed by atoms with Gasteiger partial charge in [-0.3, -0.25) is 0 Å².